The van der Waals surface area contributed by atoms with Crippen molar-refractivity contribution in [2.24, 2.45) is 10.8 Å². The number of nitrogens with two attached hydrogens (primary N) is 1. The molecule has 3 N–H and O–H groups in total. The van der Waals surface area contributed by atoms with Crippen molar-refractivity contribution < 1.29 is 0 Å². The average molecular weight is 218 g/mol. The lowest BCUT2D eigenvalue weighted by molar-refractivity contribution is 0.932. The summed E-state index contributed by atoms with van der Waals surface area (Å²) in [5.74, 6) is 6.23. The van der Waals surface area contributed by atoms with Crippen LogP contribution in [0.25, 0.3) is 0 Å². The van der Waals surface area contributed by atoms with Gasteiger partial charge in [-0.2, -0.15) is 0 Å². The number of rotatable bonds is 2. The molecule has 0 atom stereocenters. The Hall–Kier alpha value is -1.55. The molecule has 4 heteroatoms. The number of aliphatic imine (C=N–C) groups is 1. The van der Waals surface area contributed by atoms with Gasteiger partial charge in [0.25, 0.3) is 0 Å². The highest BCUT2D eigenvalue weighted by Gasteiger charge is 2.22. The van der Waals surface area contributed by atoms with E-state index in [4.69, 9.17) is 5.84 Å². The number of guanidine groups is 1. The number of nitrogens with zero attached hydrogens (tertiary/aromatic N) is 2. The van der Waals surface area contributed by atoms with Crippen LogP contribution in [0.2, 0.25) is 0 Å². The second-order valence-corrected chi connectivity index (χ2v) is 4.23. The smallest absolute Gasteiger partial charge is 0.212 e. The molecule has 0 amide bonds. The number of hydrogen-bond acceptors (Lipinski definition) is 2. The maximum atomic E-state index is 5.50. The summed E-state index contributed by atoms with van der Waals surface area (Å²) in [6.45, 7) is 2.07. The van der Waals surface area contributed by atoms with Crippen LogP contribution in [0.5, 0.6) is 0 Å². The number of hydrogen-bond donors (Lipinski definition) is 2. The maximum Gasteiger partial charge on any atom is 0.212 e. The van der Waals surface area contributed by atoms with E-state index in [2.05, 4.69) is 29.5 Å². The molecular weight excluding hydrogens is 200 g/mol. The van der Waals surface area contributed by atoms with Crippen molar-refractivity contribution in [3.63, 3.8) is 0 Å². The third-order valence-corrected chi connectivity index (χ3v) is 2.69. The molecular formula is C12H18N4. The number of nitrogens with one attached hydrogen (secondary N) is 1. The van der Waals surface area contributed by atoms with Gasteiger partial charge in [-0.3, -0.25) is 5.43 Å². The van der Waals surface area contributed by atoms with Gasteiger partial charge in [-0.1, -0.05) is 12.1 Å². The Morgan fingerprint density at radius 3 is 2.81 bits per heavy atom. The van der Waals surface area contributed by atoms with E-state index < -0.39 is 0 Å². The average Bonchev–Trinajstić information content (AvgIpc) is 3.09. The van der Waals surface area contributed by atoms with E-state index in [-0.39, 0.29) is 0 Å². The minimum Gasteiger partial charge on any atom is -0.315 e. The lowest BCUT2D eigenvalue weighted by Gasteiger charge is -2.21. The SMILES string of the molecule is Cc1cccc(N(C)C(=NC2CC2)NN)c1. The Labute approximate surface area is 96.1 Å². The van der Waals surface area contributed by atoms with Crippen molar-refractivity contribution in [3.05, 3.63) is 29.8 Å². The first-order valence-electron chi connectivity index (χ1n) is 5.55. The van der Waals surface area contributed by atoms with E-state index in [9.17, 15) is 0 Å². The number of hydrazine groups is 1. The first-order valence-corrected chi connectivity index (χ1v) is 5.55. The van der Waals surface area contributed by atoms with Crippen molar-refractivity contribution >= 4 is 11.6 Å². The van der Waals surface area contributed by atoms with Crippen LogP contribution in [-0.2, 0) is 0 Å². The van der Waals surface area contributed by atoms with Gasteiger partial charge in [-0.15, -0.1) is 0 Å². The molecule has 1 aromatic rings. The monoisotopic (exact) mass is 218 g/mol. The van der Waals surface area contributed by atoms with Crippen LogP contribution < -0.4 is 16.2 Å². The number of aryl methyl sites for hydroxylation is 1. The Balaban J connectivity index is 2.18. The number of anilines is 1. The van der Waals surface area contributed by atoms with E-state index in [1.54, 1.807) is 0 Å². The summed E-state index contributed by atoms with van der Waals surface area (Å²) in [6, 6.07) is 8.72. The Morgan fingerprint density at radius 2 is 2.25 bits per heavy atom. The van der Waals surface area contributed by atoms with Gasteiger partial charge in [0.2, 0.25) is 5.96 Å². The Kier molecular flexibility index (Phi) is 3.10. The van der Waals surface area contributed by atoms with Crippen molar-refractivity contribution in [2.45, 2.75) is 25.8 Å². The molecule has 0 radical (unpaired) electrons. The van der Waals surface area contributed by atoms with Crippen molar-refractivity contribution in [1.29, 1.82) is 0 Å². The zero-order chi connectivity index (χ0) is 11.5. The van der Waals surface area contributed by atoms with Gasteiger partial charge in [0.15, 0.2) is 0 Å². The van der Waals surface area contributed by atoms with Crippen molar-refractivity contribution in [2.75, 3.05) is 11.9 Å². The van der Waals surface area contributed by atoms with Crippen LogP contribution >= 0.6 is 0 Å². The molecule has 2 rings (SSSR count). The minimum atomic E-state index is 0.457. The second kappa shape index (κ2) is 4.53. The van der Waals surface area contributed by atoms with Gasteiger partial charge in [-0.05, 0) is 37.5 Å². The first kappa shape index (κ1) is 11.0. The molecule has 0 aliphatic heterocycles. The van der Waals surface area contributed by atoms with E-state index >= 15 is 0 Å². The minimum absolute atomic E-state index is 0.457. The summed E-state index contributed by atoms with van der Waals surface area (Å²) >= 11 is 0. The van der Waals surface area contributed by atoms with E-state index in [1.165, 1.54) is 18.4 Å². The van der Waals surface area contributed by atoms with Gasteiger partial charge in [0, 0.05) is 12.7 Å². The van der Waals surface area contributed by atoms with E-state index in [1.807, 2.05) is 24.1 Å². The second-order valence-electron chi connectivity index (χ2n) is 4.23. The summed E-state index contributed by atoms with van der Waals surface area (Å²) in [5, 5.41) is 0. The first-order chi connectivity index (χ1) is 7.70. The largest absolute Gasteiger partial charge is 0.315 e. The highest BCUT2D eigenvalue weighted by atomic mass is 15.4. The third-order valence-electron chi connectivity index (χ3n) is 2.69. The van der Waals surface area contributed by atoms with Gasteiger partial charge in [-0.25, -0.2) is 10.8 Å². The van der Waals surface area contributed by atoms with Gasteiger partial charge >= 0.3 is 0 Å². The molecule has 0 spiro atoms. The van der Waals surface area contributed by atoms with Crippen LogP contribution in [0.15, 0.2) is 29.3 Å². The fourth-order valence-electron chi connectivity index (χ4n) is 1.56. The normalized spacial score (nSPS) is 16.1. The quantitative estimate of drug-likeness (QED) is 0.341. The summed E-state index contributed by atoms with van der Waals surface area (Å²) in [7, 11) is 1.97. The lowest BCUT2D eigenvalue weighted by Crippen LogP contribution is -2.43. The molecule has 0 aromatic heterocycles. The molecule has 1 aliphatic rings. The molecule has 0 bridgehead atoms. The summed E-state index contributed by atoms with van der Waals surface area (Å²) in [5.41, 5.74) is 4.99. The molecule has 86 valence electrons. The summed E-state index contributed by atoms with van der Waals surface area (Å²) in [6.07, 6.45) is 2.35. The molecule has 0 saturated heterocycles. The van der Waals surface area contributed by atoms with Gasteiger partial charge in [0.05, 0.1) is 6.04 Å². The highest BCUT2D eigenvalue weighted by molar-refractivity contribution is 5.95. The lowest BCUT2D eigenvalue weighted by atomic mass is 10.2. The predicted molar refractivity (Wildman–Crippen MR) is 67.4 cm³/mol. The van der Waals surface area contributed by atoms with E-state index in [0.717, 1.165) is 11.6 Å². The molecule has 1 fully saturated rings. The van der Waals surface area contributed by atoms with Crippen molar-refractivity contribution in [3.8, 4) is 0 Å². The van der Waals surface area contributed by atoms with Crippen molar-refractivity contribution in [1.82, 2.24) is 5.43 Å². The fraction of sp³-hybridized carbons (Fsp3) is 0.417. The van der Waals surface area contributed by atoms with Crippen LogP contribution in [0.4, 0.5) is 5.69 Å². The molecule has 0 unspecified atom stereocenters. The summed E-state index contributed by atoms with van der Waals surface area (Å²) in [4.78, 5) is 6.50. The van der Waals surface area contributed by atoms with Crippen LogP contribution in [-0.4, -0.2) is 19.0 Å². The maximum absolute atomic E-state index is 5.50. The van der Waals surface area contributed by atoms with E-state index in [0.29, 0.717) is 6.04 Å². The highest BCUT2D eigenvalue weighted by Crippen LogP contribution is 2.24. The Morgan fingerprint density at radius 1 is 1.50 bits per heavy atom. The molecule has 1 aromatic carbocycles. The van der Waals surface area contributed by atoms with Gasteiger partial charge in [0.1, 0.15) is 0 Å². The molecule has 16 heavy (non-hydrogen) atoms. The Bertz CT molecular complexity index is 396. The molecule has 0 heterocycles. The molecule has 1 aliphatic carbocycles. The zero-order valence-corrected chi connectivity index (χ0v) is 9.77. The standard InChI is InChI=1S/C12H18N4/c1-9-4-3-5-11(8-9)16(2)12(15-13)14-10-6-7-10/h3-5,8,10H,6-7,13H2,1-2H3,(H,14,15). The summed E-state index contributed by atoms with van der Waals surface area (Å²) < 4.78 is 0. The topological polar surface area (TPSA) is 53.6 Å². The molecule has 4 nitrogen and oxygen atoms in total. The predicted octanol–water partition coefficient (Wildman–Crippen LogP) is 1.41. The fourth-order valence-corrected chi connectivity index (χ4v) is 1.56. The molecule has 1 saturated carbocycles. The zero-order valence-electron chi connectivity index (χ0n) is 9.77. The van der Waals surface area contributed by atoms with Crippen LogP contribution in [0.3, 0.4) is 0 Å². The third kappa shape index (κ3) is 2.52. The van der Waals surface area contributed by atoms with Crippen LogP contribution in [0.1, 0.15) is 18.4 Å². The van der Waals surface area contributed by atoms with Gasteiger partial charge < -0.3 is 4.90 Å². The number of benzene rings is 1. The van der Waals surface area contributed by atoms with Crippen LogP contribution in [0, 0.1) is 6.92 Å².